The van der Waals surface area contributed by atoms with Gasteiger partial charge in [-0.3, -0.25) is 0 Å². The van der Waals surface area contributed by atoms with Gasteiger partial charge in [0.1, 0.15) is 0 Å². The van der Waals surface area contributed by atoms with Gasteiger partial charge in [-0.15, -0.1) is 0 Å². The summed E-state index contributed by atoms with van der Waals surface area (Å²) in [7, 11) is 0. The smallest absolute Gasteiger partial charge is 0.0933 e. The fourth-order valence-electron chi connectivity index (χ4n) is 2.49. The second kappa shape index (κ2) is 6.46. The molecule has 1 heterocycles. The molecule has 1 aliphatic carbocycles. The van der Waals surface area contributed by atoms with Gasteiger partial charge in [0.05, 0.1) is 25.9 Å². The van der Waals surface area contributed by atoms with E-state index >= 15 is 0 Å². The van der Waals surface area contributed by atoms with Crippen LogP contribution in [0, 0.1) is 5.92 Å². The molecule has 1 N–H and O–H groups in total. The van der Waals surface area contributed by atoms with Crippen molar-refractivity contribution in [3.8, 4) is 0 Å². The van der Waals surface area contributed by atoms with Crippen molar-refractivity contribution >= 4 is 0 Å². The molecule has 1 saturated carbocycles. The first-order valence-electron chi connectivity index (χ1n) is 6.35. The van der Waals surface area contributed by atoms with Gasteiger partial charge >= 0.3 is 0 Å². The van der Waals surface area contributed by atoms with Crippen molar-refractivity contribution in [3.05, 3.63) is 0 Å². The molecule has 15 heavy (non-hydrogen) atoms. The van der Waals surface area contributed by atoms with E-state index in [1.807, 2.05) is 0 Å². The Morgan fingerprint density at radius 3 is 2.60 bits per heavy atom. The monoisotopic (exact) mass is 213 g/mol. The number of nitrogens with one attached hydrogen (secondary N) is 1. The maximum atomic E-state index is 5.58. The first-order valence-corrected chi connectivity index (χ1v) is 6.35. The summed E-state index contributed by atoms with van der Waals surface area (Å²) in [5.41, 5.74) is 0. The molecule has 0 radical (unpaired) electrons. The summed E-state index contributed by atoms with van der Waals surface area (Å²) in [6.07, 6.45) is 7.40. The van der Waals surface area contributed by atoms with E-state index in [9.17, 15) is 0 Å². The molecule has 1 unspecified atom stereocenters. The molecule has 0 spiro atoms. The van der Waals surface area contributed by atoms with Gasteiger partial charge in [0, 0.05) is 6.54 Å². The molecule has 1 saturated heterocycles. The fourth-order valence-corrected chi connectivity index (χ4v) is 2.49. The predicted molar refractivity (Wildman–Crippen MR) is 60.0 cm³/mol. The second-order valence-corrected chi connectivity index (χ2v) is 4.73. The molecular formula is C12H23NO2. The number of hydrogen-bond donors (Lipinski definition) is 1. The van der Waals surface area contributed by atoms with E-state index in [0.717, 1.165) is 32.3 Å². The Bertz CT molecular complexity index is 145. The van der Waals surface area contributed by atoms with Crippen LogP contribution < -0.4 is 5.32 Å². The molecular weight excluding hydrogens is 190 g/mol. The summed E-state index contributed by atoms with van der Waals surface area (Å²) in [4.78, 5) is 0. The number of rotatable bonds is 4. The molecule has 0 aromatic heterocycles. The highest BCUT2D eigenvalue weighted by molar-refractivity contribution is 4.70. The highest BCUT2D eigenvalue weighted by atomic mass is 16.6. The van der Waals surface area contributed by atoms with E-state index in [4.69, 9.17) is 9.47 Å². The van der Waals surface area contributed by atoms with Gasteiger partial charge < -0.3 is 14.8 Å². The molecule has 2 fully saturated rings. The van der Waals surface area contributed by atoms with Gasteiger partial charge in [0.2, 0.25) is 0 Å². The molecule has 0 bridgehead atoms. The van der Waals surface area contributed by atoms with Gasteiger partial charge in [-0.05, 0) is 25.3 Å². The minimum atomic E-state index is 0.280. The Morgan fingerprint density at radius 2 is 1.87 bits per heavy atom. The van der Waals surface area contributed by atoms with Crippen molar-refractivity contribution < 1.29 is 9.47 Å². The van der Waals surface area contributed by atoms with E-state index in [1.165, 1.54) is 38.6 Å². The second-order valence-electron chi connectivity index (χ2n) is 4.73. The molecule has 1 aliphatic heterocycles. The van der Waals surface area contributed by atoms with Crippen LogP contribution in [0.15, 0.2) is 0 Å². The third kappa shape index (κ3) is 4.09. The van der Waals surface area contributed by atoms with Crippen molar-refractivity contribution in [3.63, 3.8) is 0 Å². The van der Waals surface area contributed by atoms with Crippen molar-refractivity contribution in [1.29, 1.82) is 0 Å². The molecule has 2 rings (SSSR count). The quantitative estimate of drug-likeness (QED) is 0.769. The number of hydrogen-bond acceptors (Lipinski definition) is 3. The molecule has 88 valence electrons. The van der Waals surface area contributed by atoms with Gasteiger partial charge in [-0.2, -0.15) is 0 Å². The van der Waals surface area contributed by atoms with Crippen LogP contribution >= 0.6 is 0 Å². The summed E-state index contributed by atoms with van der Waals surface area (Å²) in [6, 6.07) is 0. The van der Waals surface area contributed by atoms with Crippen LogP contribution in [0.1, 0.15) is 32.1 Å². The molecule has 0 amide bonds. The Labute approximate surface area is 92.5 Å². The highest BCUT2D eigenvalue weighted by Gasteiger charge is 2.16. The first-order chi connectivity index (χ1) is 7.45. The zero-order chi connectivity index (χ0) is 10.3. The van der Waals surface area contributed by atoms with Crippen LogP contribution in [0.4, 0.5) is 0 Å². The Balaban J connectivity index is 1.53. The summed E-state index contributed by atoms with van der Waals surface area (Å²) < 4.78 is 10.9. The minimum absolute atomic E-state index is 0.280. The Hall–Kier alpha value is -0.120. The van der Waals surface area contributed by atoms with E-state index in [2.05, 4.69) is 5.32 Å². The van der Waals surface area contributed by atoms with Gasteiger partial charge in [0.15, 0.2) is 0 Å². The maximum absolute atomic E-state index is 5.58. The third-order valence-electron chi connectivity index (χ3n) is 3.41. The van der Waals surface area contributed by atoms with Crippen molar-refractivity contribution in [2.45, 2.75) is 38.2 Å². The van der Waals surface area contributed by atoms with Crippen LogP contribution in [0.5, 0.6) is 0 Å². The zero-order valence-corrected chi connectivity index (χ0v) is 9.54. The summed E-state index contributed by atoms with van der Waals surface area (Å²) in [5.74, 6) is 0.906. The average Bonchev–Trinajstić information content (AvgIpc) is 2.32. The average molecular weight is 213 g/mol. The van der Waals surface area contributed by atoms with Crippen LogP contribution in [-0.2, 0) is 9.47 Å². The van der Waals surface area contributed by atoms with Crippen LogP contribution in [0.3, 0.4) is 0 Å². The molecule has 0 aromatic carbocycles. The summed E-state index contributed by atoms with van der Waals surface area (Å²) in [6.45, 7) is 4.41. The molecule has 2 aliphatic rings. The third-order valence-corrected chi connectivity index (χ3v) is 3.41. The Morgan fingerprint density at radius 1 is 1.00 bits per heavy atom. The molecule has 3 nitrogen and oxygen atoms in total. The zero-order valence-electron chi connectivity index (χ0n) is 9.54. The topological polar surface area (TPSA) is 30.5 Å². The van der Waals surface area contributed by atoms with E-state index < -0.39 is 0 Å². The van der Waals surface area contributed by atoms with Gasteiger partial charge in [-0.25, -0.2) is 0 Å². The maximum Gasteiger partial charge on any atom is 0.0933 e. The highest BCUT2D eigenvalue weighted by Crippen LogP contribution is 2.22. The molecule has 1 atom stereocenters. The van der Waals surface area contributed by atoms with E-state index in [1.54, 1.807) is 0 Å². The van der Waals surface area contributed by atoms with Gasteiger partial charge in [0.25, 0.3) is 0 Å². The van der Waals surface area contributed by atoms with Crippen molar-refractivity contribution in [2.24, 2.45) is 5.92 Å². The van der Waals surface area contributed by atoms with Crippen LogP contribution in [0.25, 0.3) is 0 Å². The lowest BCUT2D eigenvalue weighted by Crippen LogP contribution is -2.39. The largest absolute Gasteiger partial charge is 0.376 e. The minimum Gasteiger partial charge on any atom is -0.376 e. The summed E-state index contributed by atoms with van der Waals surface area (Å²) in [5, 5.41) is 3.52. The Kier molecular flexibility index (Phi) is 4.90. The van der Waals surface area contributed by atoms with Crippen LogP contribution in [0.2, 0.25) is 0 Å². The number of ether oxygens (including phenoxy) is 2. The lowest BCUT2D eigenvalue weighted by molar-refractivity contribution is -0.0865. The van der Waals surface area contributed by atoms with Crippen molar-refractivity contribution in [1.82, 2.24) is 5.32 Å². The molecule has 3 heteroatoms. The normalized spacial score (nSPS) is 29.2. The van der Waals surface area contributed by atoms with Crippen LogP contribution in [-0.4, -0.2) is 39.0 Å². The SMILES string of the molecule is C1CCC(CNCC2COCCO2)CC1. The first kappa shape index (κ1) is 11.4. The standard InChI is InChI=1S/C12H23NO2/c1-2-4-11(5-3-1)8-13-9-12-10-14-6-7-15-12/h11-13H,1-10H2. The van der Waals surface area contributed by atoms with Gasteiger partial charge in [-0.1, -0.05) is 19.3 Å². The van der Waals surface area contributed by atoms with Crippen molar-refractivity contribution in [2.75, 3.05) is 32.9 Å². The lowest BCUT2D eigenvalue weighted by atomic mass is 9.89. The predicted octanol–water partition coefficient (Wildman–Crippen LogP) is 1.57. The molecule has 0 aromatic rings. The van der Waals surface area contributed by atoms with E-state index in [0.29, 0.717) is 0 Å². The van der Waals surface area contributed by atoms with E-state index in [-0.39, 0.29) is 6.10 Å². The summed E-state index contributed by atoms with van der Waals surface area (Å²) >= 11 is 0. The fraction of sp³-hybridized carbons (Fsp3) is 1.00. The lowest BCUT2D eigenvalue weighted by Gasteiger charge is -2.26.